The van der Waals surface area contributed by atoms with Crippen molar-refractivity contribution in [1.29, 1.82) is 0 Å². The SMILES string of the molecule is CC(C)(C)N1CC(c2cc(Cl)c(N)c(Cl)c2)CC(O)(c2cc(Cl)c(N)c(Cl)c2)C1. The van der Waals surface area contributed by atoms with E-state index in [4.69, 9.17) is 57.9 Å². The first-order chi connectivity index (χ1) is 13.3. The molecule has 0 saturated carbocycles. The van der Waals surface area contributed by atoms with Gasteiger partial charge < -0.3 is 16.6 Å². The van der Waals surface area contributed by atoms with Crippen LogP contribution in [0.1, 0.15) is 44.2 Å². The smallest absolute Gasteiger partial charge is 0.103 e. The summed E-state index contributed by atoms with van der Waals surface area (Å²) in [5.41, 5.74) is 12.7. The number of likely N-dealkylation sites (tertiary alicyclic amines) is 1. The van der Waals surface area contributed by atoms with E-state index < -0.39 is 5.60 Å². The Labute approximate surface area is 191 Å². The molecule has 2 aromatic carbocycles. The van der Waals surface area contributed by atoms with Crippen molar-refractivity contribution >= 4 is 57.8 Å². The second-order valence-electron chi connectivity index (χ2n) is 8.74. The molecule has 1 aliphatic rings. The zero-order valence-corrected chi connectivity index (χ0v) is 19.6. The van der Waals surface area contributed by atoms with Crippen LogP contribution in [0.15, 0.2) is 24.3 Å². The van der Waals surface area contributed by atoms with E-state index in [1.165, 1.54) is 0 Å². The molecule has 8 heteroatoms. The van der Waals surface area contributed by atoms with Crippen LogP contribution in [0.4, 0.5) is 11.4 Å². The van der Waals surface area contributed by atoms with E-state index in [2.05, 4.69) is 25.7 Å². The molecule has 2 unspecified atom stereocenters. The van der Waals surface area contributed by atoms with E-state index in [1.54, 1.807) is 12.1 Å². The third kappa shape index (κ3) is 4.58. The molecule has 1 fully saturated rings. The van der Waals surface area contributed by atoms with Crippen LogP contribution in [0.3, 0.4) is 0 Å². The Kier molecular flexibility index (Phi) is 6.28. The molecule has 4 nitrogen and oxygen atoms in total. The number of β-amino-alcohol motifs (C(OH)–C–C–N with tert-alkyl or cyclic N) is 1. The number of nitrogen functional groups attached to an aromatic ring is 2. The lowest BCUT2D eigenvalue weighted by Crippen LogP contribution is -2.55. The molecule has 0 radical (unpaired) electrons. The number of aliphatic hydroxyl groups is 1. The Bertz CT molecular complexity index is 898. The van der Waals surface area contributed by atoms with Crippen molar-refractivity contribution in [1.82, 2.24) is 4.90 Å². The third-order valence-electron chi connectivity index (χ3n) is 5.62. The molecule has 0 amide bonds. The van der Waals surface area contributed by atoms with Gasteiger partial charge in [0.1, 0.15) is 5.60 Å². The molecule has 5 N–H and O–H groups in total. The largest absolute Gasteiger partial charge is 0.396 e. The van der Waals surface area contributed by atoms with Gasteiger partial charge in [0.2, 0.25) is 0 Å². The summed E-state index contributed by atoms with van der Waals surface area (Å²) in [6, 6.07) is 7.02. The average molecular weight is 477 g/mol. The van der Waals surface area contributed by atoms with Crippen LogP contribution in [-0.4, -0.2) is 28.6 Å². The number of nitrogens with zero attached hydrogens (tertiary/aromatic N) is 1. The molecular formula is C21H25Cl4N3O. The van der Waals surface area contributed by atoms with Crippen LogP contribution in [0, 0.1) is 0 Å². The minimum Gasteiger partial charge on any atom is -0.396 e. The van der Waals surface area contributed by atoms with Crippen molar-refractivity contribution < 1.29 is 5.11 Å². The monoisotopic (exact) mass is 475 g/mol. The van der Waals surface area contributed by atoms with Crippen molar-refractivity contribution in [2.75, 3.05) is 24.6 Å². The van der Waals surface area contributed by atoms with Gasteiger partial charge in [-0.05, 0) is 68.5 Å². The van der Waals surface area contributed by atoms with E-state index in [0.29, 0.717) is 50.0 Å². The van der Waals surface area contributed by atoms with Crippen LogP contribution >= 0.6 is 46.4 Å². The van der Waals surface area contributed by atoms with Crippen molar-refractivity contribution in [2.45, 2.75) is 44.2 Å². The summed E-state index contributed by atoms with van der Waals surface area (Å²) in [7, 11) is 0. The van der Waals surface area contributed by atoms with Crippen molar-refractivity contribution in [3.05, 3.63) is 55.5 Å². The number of hydrogen-bond donors (Lipinski definition) is 3. The van der Waals surface area contributed by atoms with Gasteiger partial charge in [0.15, 0.2) is 0 Å². The number of hydrogen-bond acceptors (Lipinski definition) is 4. The van der Waals surface area contributed by atoms with Gasteiger partial charge in [-0.25, -0.2) is 0 Å². The fraction of sp³-hybridized carbons (Fsp3) is 0.429. The predicted octanol–water partition coefficient (Wildman–Crippen LogP) is 5.94. The summed E-state index contributed by atoms with van der Waals surface area (Å²) in [6.07, 6.45) is 0.451. The molecular weight excluding hydrogens is 452 g/mol. The zero-order valence-electron chi connectivity index (χ0n) is 16.6. The molecule has 158 valence electrons. The number of anilines is 2. The Morgan fingerprint density at radius 2 is 1.38 bits per heavy atom. The second-order valence-corrected chi connectivity index (χ2v) is 10.4. The fourth-order valence-electron chi connectivity index (χ4n) is 3.82. The summed E-state index contributed by atoms with van der Waals surface area (Å²) >= 11 is 25.1. The van der Waals surface area contributed by atoms with Crippen molar-refractivity contribution in [2.24, 2.45) is 0 Å². The lowest BCUT2D eigenvalue weighted by molar-refractivity contribution is -0.0703. The molecule has 2 atom stereocenters. The maximum atomic E-state index is 11.8. The number of nitrogens with two attached hydrogens (primary N) is 2. The minimum atomic E-state index is -1.18. The van der Waals surface area contributed by atoms with E-state index >= 15 is 0 Å². The molecule has 0 bridgehead atoms. The summed E-state index contributed by atoms with van der Waals surface area (Å²) in [6.45, 7) is 7.50. The third-order valence-corrected chi connectivity index (χ3v) is 6.87. The van der Waals surface area contributed by atoms with Gasteiger partial charge in [-0.15, -0.1) is 0 Å². The normalized spacial score (nSPS) is 23.4. The van der Waals surface area contributed by atoms with Crippen LogP contribution in [0.2, 0.25) is 20.1 Å². The van der Waals surface area contributed by atoms with E-state index in [0.717, 1.165) is 12.1 Å². The Morgan fingerprint density at radius 1 is 0.931 bits per heavy atom. The summed E-state index contributed by atoms with van der Waals surface area (Å²) < 4.78 is 0. The summed E-state index contributed by atoms with van der Waals surface area (Å²) in [4.78, 5) is 2.23. The van der Waals surface area contributed by atoms with Crippen LogP contribution in [-0.2, 0) is 5.60 Å². The summed E-state index contributed by atoms with van der Waals surface area (Å²) in [5.74, 6) is -0.0290. The quantitative estimate of drug-likeness (QED) is 0.468. The lowest BCUT2D eigenvalue weighted by Gasteiger charge is -2.49. The molecule has 1 aliphatic heterocycles. The van der Waals surface area contributed by atoms with E-state index in [-0.39, 0.29) is 11.5 Å². The van der Waals surface area contributed by atoms with Crippen LogP contribution < -0.4 is 11.5 Å². The topological polar surface area (TPSA) is 75.5 Å². The minimum absolute atomic E-state index is 0.0290. The first-order valence-corrected chi connectivity index (χ1v) is 10.8. The maximum absolute atomic E-state index is 11.8. The molecule has 29 heavy (non-hydrogen) atoms. The first kappa shape index (κ1) is 22.8. The molecule has 1 heterocycles. The highest BCUT2D eigenvalue weighted by Gasteiger charge is 2.43. The number of benzene rings is 2. The highest BCUT2D eigenvalue weighted by Crippen LogP contribution is 2.45. The van der Waals surface area contributed by atoms with E-state index in [1.807, 2.05) is 12.1 Å². The van der Waals surface area contributed by atoms with Gasteiger partial charge in [0.05, 0.1) is 31.5 Å². The Morgan fingerprint density at radius 3 is 1.83 bits per heavy atom. The predicted molar refractivity (Wildman–Crippen MR) is 124 cm³/mol. The standard InChI is InChI=1S/C21H25Cl4N3O/c1-20(2,3)28-9-12(11-4-14(22)18(26)15(23)5-11)8-21(29,10-28)13-6-16(24)19(27)17(25)7-13/h4-7,12,29H,8-10,26-27H2,1-3H3. The van der Waals surface area contributed by atoms with Gasteiger partial charge in [-0.1, -0.05) is 46.4 Å². The summed E-state index contributed by atoms with van der Waals surface area (Å²) in [5, 5.41) is 13.2. The second kappa shape index (κ2) is 7.99. The van der Waals surface area contributed by atoms with Crippen molar-refractivity contribution in [3.8, 4) is 0 Å². The van der Waals surface area contributed by atoms with Crippen LogP contribution in [0.5, 0.6) is 0 Å². The molecule has 0 spiro atoms. The number of piperidine rings is 1. The average Bonchev–Trinajstić information content (AvgIpc) is 2.62. The molecule has 1 saturated heterocycles. The number of halogens is 4. The van der Waals surface area contributed by atoms with Gasteiger partial charge in [-0.2, -0.15) is 0 Å². The lowest BCUT2D eigenvalue weighted by atomic mass is 9.76. The molecule has 2 aromatic rings. The number of rotatable bonds is 2. The maximum Gasteiger partial charge on any atom is 0.103 e. The van der Waals surface area contributed by atoms with E-state index in [9.17, 15) is 5.11 Å². The van der Waals surface area contributed by atoms with Gasteiger partial charge in [-0.3, -0.25) is 4.90 Å². The van der Waals surface area contributed by atoms with Crippen molar-refractivity contribution in [3.63, 3.8) is 0 Å². The van der Waals surface area contributed by atoms with Crippen LogP contribution in [0.25, 0.3) is 0 Å². The molecule has 3 rings (SSSR count). The highest BCUT2D eigenvalue weighted by atomic mass is 35.5. The van der Waals surface area contributed by atoms with Gasteiger partial charge in [0, 0.05) is 18.6 Å². The molecule has 0 aromatic heterocycles. The zero-order chi connectivity index (χ0) is 21.7. The fourth-order valence-corrected chi connectivity index (χ4v) is 4.81. The highest BCUT2D eigenvalue weighted by molar-refractivity contribution is 6.39. The molecule has 0 aliphatic carbocycles. The van der Waals surface area contributed by atoms with Gasteiger partial charge >= 0.3 is 0 Å². The Hall–Kier alpha value is -0.880. The Balaban J connectivity index is 2.09. The first-order valence-electron chi connectivity index (χ1n) is 9.28. The van der Waals surface area contributed by atoms with Gasteiger partial charge in [0.25, 0.3) is 0 Å².